The molecule has 2 unspecified atom stereocenters. The summed E-state index contributed by atoms with van der Waals surface area (Å²) >= 11 is 1.65. The molecule has 0 spiro atoms. The van der Waals surface area contributed by atoms with Crippen molar-refractivity contribution in [1.29, 1.82) is 0 Å². The maximum atomic E-state index is 9.29. The highest BCUT2D eigenvalue weighted by molar-refractivity contribution is 8.00. The third kappa shape index (κ3) is 3.28. The Labute approximate surface area is 83.1 Å². The molecule has 2 nitrogen and oxygen atoms in total. The first-order valence-corrected chi connectivity index (χ1v) is 5.18. The van der Waals surface area contributed by atoms with Gasteiger partial charge in [-0.05, 0) is 31.2 Å². The van der Waals surface area contributed by atoms with E-state index in [1.807, 2.05) is 31.2 Å². The van der Waals surface area contributed by atoms with Crippen molar-refractivity contribution in [2.45, 2.75) is 30.1 Å². The molecule has 0 saturated carbocycles. The number of benzene rings is 1. The highest BCUT2D eigenvalue weighted by Gasteiger charge is 2.09. The summed E-state index contributed by atoms with van der Waals surface area (Å²) in [7, 11) is 0. The quantitative estimate of drug-likeness (QED) is 0.576. The van der Waals surface area contributed by atoms with E-state index in [1.54, 1.807) is 18.7 Å². The zero-order valence-electron chi connectivity index (χ0n) is 7.90. The molecular weight excluding hydrogens is 182 g/mol. The van der Waals surface area contributed by atoms with Crippen LogP contribution in [0.15, 0.2) is 29.2 Å². The van der Waals surface area contributed by atoms with Crippen molar-refractivity contribution in [3.63, 3.8) is 0 Å². The molecule has 1 rings (SSSR count). The van der Waals surface area contributed by atoms with Crippen LogP contribution in [0, 0.1) is 0 Å². The molecule has 0 radical (unpaired) electrons. The summed E-state index contributed by atoms with van der Waals surface area (Å²) in [6, 6.07) is 7.69. The monoisotopic (exact) mass is 197 g/mol. The second-order valence-corrected chi connectivity index (χ2v) is 4.58. The van der Waals surface area contributed by atoms with Crippen LogP contribution in [0.4, 0.5) is 5.69 Å². The van der Waals surface area contributed by atoms with E-state index in [0.717, 1.165) is 10.6 Å². The minimum absolute atomic E-state index is 0.212. The van der Waals surface area contributed by atoms with E-state index >= 15 is 0 Å². The van der Waals surface area contributed by atoms with Gasteiger partial charge in [0.25, 0.3) is 0 Å². The molecule has 3 heteroatoms. The molecule has 0 saturated heterocycles. The maximum absolute atomic E-state index is 9.29. The van der Waals surface area contributed by atoms with Crippen LogP contribution in [0.3, 0.4) is 0 Å². The molecule has 0 aliphatic carbocycles. The predicted octanol–water partition coefficient (Wildman–Crippen LogP) is 2.13. The number of rotatable bonds is 3. The van der Waals surface area contributed by atoms with E-state index in [2.05, 4.69) is 0 Å². The smallest absolute Gasteiger partial charge is 0.0631 e. The number of aliphatic hydroxyl groups is 1. The first-order valence-electron chi connectivity index (χ1n) is 4.30. The lowest BCUT2D eigenvalue weighted by molar-refractivity contribution is 0.196. The van der Waals surface area contributed by atoms with Gasteiger partial charge in [0.1, 0.15) is 0 Å². The van der Waals surface area contributed by atoms with Crippen LogP contribution < -0.4 is 5.73 Å². The minimum atomic E-state index is -0.289. The first-order chi connectivity index (χ1) is 6.09. The van der Waals surface area contributed by atoms with Gasteiger partial charge in [-0.2, -0.15) is 0 Å². The number of hydrogen-bond acceptors (Lipinski definition) is 3. The molecule has 1 aromatic carbocycles. The maximum Gasteiger partial charge on any atom is 0.0631 e. The highest BCUT2D eigenvalue weighted by atomic mass is 32.2. The van der Waals surface area contributed by atoms with E-state index < -0.39 is 0 Å². The molecule has 0 heterocycles. The predicted molar refractivity (Wildman–Crippen MR) is 57.9 cm³/mol. The van der Waals surface area contributed by atoms with Gasteiger partial charge in [0.05, 0.1) is 6.10 Å². The Morgan fingerprint density at radius 3 is 2.23 bits per heavy atom. The van der Waals surface area contributed by atoms with Crippen molar-refractivity contribution in [2.24, 2.45) is 0 Å². The minimum Gasteiger partial charge on any atom is -0.399 e. The van der Waals surface area contributed by atoms with Gasteiger partial charge < -0.3 is 10.8 Å². The van der Waals surface area contributed by atoms with Crippen LogP contribution in [0.1, 0.15) is 13.8 Å². The number of nitrogen functional groups attached to an aromatic ring is 1. The van der Waals surface area contributed by atoms with Crippen molar-refractivity contribution in [2.75, 3.05) is 5.73 Å². The third-order valence-electron chi connectivity index (χ3n) is 1.88. The summed E-state index contributed by atoms with van der Waals surface area (Å²) in [5.74, 6) is 0. The topological polar surface area (TPSA) is 46.2 Å². The van der Waals surface area contributed by atoms with Crippen molar-refractivity contribution in [3.8, 4) is 0 Å². The number of anilines is 1. The van der Waals surface area contributed by atoms with Gasteiger partial charge in [0, 0.05) is 15.8 Å². The van der Waals surface area contributed by atoms with Gasteiger partial charge in [-0.25, -0.2) is 0 Å². The lowest BCUT2D eigenvalue weighted by Gasteiger charge is -2.13. The molecule has 0 aliphatic heterocycles. The van der Waals surface area contributed by atoms with E-state index in [-0.39, 0.29) is 11.4 Å². The van der Waals surface area contributed by atoms with Crippen LogP contribution in [0.2, 0.25) is 0 Å². The SMILES string of the molecule is CC(O)C(C)Sc1ccc(N)cc1. The van der Waals surface area contributed by atoms with Gasteiger partial charge in [0.15, 0.2) is 0 Å². The summed E-state index contributed by atoms with van der Waals surface area (Å²) < 4.78 is 0. The summed E-state index contributed by atoms with van der Waals surface area (Å²) in [6.07, 6.45) is -0.289. The van der Waals surface area contributed by atoms with Gasteiger partial charge in [0.2, 0.25) is 0 Å². The lowest BCUT2D eigenvalue weighted by atomic mass is 10.3. The largest absolute Gasteiger partial charge is 0.399 e. The molecule has 0 amide bonds. The normalized spacial score (nSPS) is 15.3. The van der Waals surface area contributed by atoms with Crippen LogP contribution in [0.25, 0.3) is 0 Å². The van der Waals surface area contributed by atoms with Crippen LogP contribution in [-0.4, -0.2) is 16.5 Å². The molecule has 1 aromatic rings. The molecule has 0 aromatic heterocycles. The number of hydrogen-bond donors (Lipinski definition) is 2. The van der Waals surface area contributed by atoms with Gasteiger partial charge in [-0.1, -0.05) is 6.92 Å². The zero-order valence-corrected chi connectivity index (χ0v) is 8.71. The number of aliphatic hydroxyl groups excluding tert-OH is 1. The van der Waals surface area contributed by atoms with Crippen molar-refractivity contribution in [3.05, 3.63) is 24.3 Å². The van der Waals surface area contributed by atoms with E-state index in [1.165, 1.54) is 0 Å². The number of nitrogens with two attached hydrogens (primary N) is 1. The van der Waals surface area contributed by atoms with Crippen LogP contribution in [0.5, 0.6) is 0 Å². The first kappa shape index (κ1) is 10.4. The summed E-state index contributed by atoms with van der Waals surface area (Å²) in [6.45, 7) is 3.81. The van der Waals surface area contributed by atoms with Crippen molar-refractivity contribution < 1.29 is 5.11 Å². The zero-order chi connectivity index (χ0) is 9.84. The standard InChI is InChI=1S/C10H15NOS/c1-7(12)8(2)13-10-5-3-9(11)4-6-10/h3-8,12H,11H2,1-2H3. The molecule has 2 atom stereocenters. The second-order valence-electron chi connectivity index (χ2n) is 3.13. The number of thioether (sulfide) groups is 1. The fourth-order valence-electron chi connectivity index (χ4n) is 0.860. The molecule has 0 bridgehead atoms. The highest BCUT2D eigenvalue weighted by Crippen LogP contribution is 2.25. The Balaban J connectivity index is 2.59. The summed E-state index contributed by atoms with van der Waals surface area (Å²) in [5.41, 5.74) is 6.33. The molecule has 72 valence electrons. The molecule has 3 N–H and O–H groups in total. The van der Waals surface area contributed by atoms with E-state index in [0.29, 0.717) is 0 Å². The Bertz CT molecular complexity index is 258. The van der Waals surface area contributed by atoms with Gasteiger partial charge >= 0.3 is 0 Å². The fourth-order valence-corrected chi connectivity index (χ4v) is 1.78. The summed E-state index contributed by atoms with van der Waals surface area (Å²) in [4.78, 5) is 1.14. The fraction of sp³-hybridized carbons (Fsp3) is 0.400. The van der Waals surface area contributed by atoms with Crippen LogP contribution in [-0.2, 0) is 0 Å². The third-order valence-corrected chi connectivity index (χ3v) is 3.19. The Hall–Kier alpha value is -0.670. The molecular formula is C10H15NOS. The van der Waals surface area contributed by atoms with Gasteiger partial charge in [-0.15, -0.1) is 11.8 Å². The second kappa shape index (κ2) is 4.53. The Morgan fingerprint density at radius 1 is 1.23 bits per heavy atom. The Kier molecular flexibility index (Phi) is 3.63. The van der Waals surface area contributed by atoms with Crippen molar-refractivity contribution >= 4 is 17.4 Å². The van der Waals surface area contributed by atoms with E-state index in [4.69, 9.17) is 5.73 Å². The summed E-state index contributed by atoms with van der Waals surface area (Å²) in [5, 5.41) is 9.50. The molecule has 0 fully saturated rings. The van der Waals surface area contributed by atoms with E-state index in [9.17, 15) is 5.11 Å². The molecule has 0 aliphatic rings. The molecule has 13 heavy (non-hydrogen) atoms. The average molecular weight is 197 g/mol. The van der Waals surface area contributed by atoms with Crippen LogP contribution >= 0.6 is 11.8 Å². The van der Waals surface area contributed by atoms with Gasteiger partial charge in [-0.3, -0.25) is 0 Å². The lowest BCUT2D eigenvalue weighted by Crippen LogP contribution is -2.14. The Morgan fingerprint density at radius 2 is 1.77 bits per heavy atom. The van der Waals surface area contributed by atoms with Crippen molar-refractivity contribution in [1.82, 2.24) is 0 Å². The average Bonchev–Trinajstić information content (AvgIpc) is 2.08.